The van der Waals surface area contributed by atoms with E-state index in [0.717, 1.165) is 29.7 Å². The number of rotatable bonds is 6. The summed E-state index contributed by atoms with van der Waals surface area (Å²) < 4.78 is 33.1. The third kappa shape index (κ3) is 4.36. The Hall–Kier alpha value is -2.38. The SMILES string of the molecule is COCC(=O)N1CCCc2ccc(NS(=O)(=O)c3ccc(C(C)C)cc3)cc21. The monoisotopic (exact) mass is 402 g/mol. The largest absolute Gasteiger partial charge is 0.375 e. The molecule has 0 saturated carbocycles. The molecule has 1 amide bonds. The maximum atomic E-state index is 12.8. The van der Waals surface area contributed by atoms with Crippen molar-refractivity contribution in [3.63, 3.8) is 0 Å². The molecule has 1 aliphatic heterocycles. The fourth-order valence-corrected chi connectivity index (χ4v) is 4.39. The van der Waals surface area contributed by atoms with Gasteiger partial charge in [0.15, 0.2) is 0 Å². The van der Waals surface area contributed by atoms with Crippen LogP contribution in [0.2, 0.25) is 0 Å². The van der Waals surface area contributed by atoms with Gasteiger partial charge in [-0.3, -0.25) is 9.52 Å². The van der Waals surface area contributed by atoms with Crippen LogP contribution in [0, 0.1) is 0 Å². The van der Waals surface area contributed by atoms with E-state index in [4.69, 9.17) is 4.74 Å². The highest BCUT2D eigenvalue weighted by atomic mass is 32.2. The van der Waals surface area contributed by atoms with Crippen molar-refractivity contribution in [2.75, 3.05) is 29.9 Å². The second-order valence-corrected chi connectivity index (χ2v) is 8.94. The topological polar surface area (TPSA) is 75.7 Å². The number of sulfonamides is 1. The summed E-state index contributed by atoms with van der Waals surface area (Å²) in [5, 5.41) is 0. The second kappa shape index (κ2) is 8.32. The summed E-state index contributed by atoms with van der Waals surface area (Å²) in [5.41, 5.74) is 3.28. The lowest BCUT2D eigenvalue weighted by molar-refractivity contribution is -0.122. The average molecular weight is 403 g/mol. The highest BCUT2D eigenvalue weighted by molar-refractivity contribution is 7.92. The van der Waals surface area contributed by atoms with E-state index in [1.54, 1.807) is 29.2 Å². The Kier molecular flexibility index (Phi) is 6.05. The lowest BCUT2D eigenvalue weighted by Crippen LogP contribution is -2.37. The van der Waals surface area contributed by atoms with Crippen LogP contribution in [0.15, 0.2) is 47.4 Å². The molecule has 0 aromatic heterocycles. The van der Waals surface area contributed by atoms with E-state index in [9.17, 15) is 13.2 Å². The molecular weight excluding hydrogens is 376 g/mol. The zero-order valence-corrected chi connectivity index (χ0v) is 17.3. The van der Waals surface area contributed by atoms with Gasteiger partial charge in [-0.2, -0.15) is 0 Å². The molecule has 1 aliphatic rings. The van der Waals surface area contributed by atoms with E-state index in [-0.39, 0.29) is 17.4 Å². The van der Waals surface area contributed by atoms with E-state index in [1.165, 1.54) is 7.11 Å². The Balaban J connectivity index is 1.86. The Morgan fingerprint density at radius 1 is 1.18 bits per heavy atom. The van der Waals surface area contributed by atoms with Crippen LogP contribution in [0.5, 0.6) is 0 Å². The molecule has 3 rings (SSSR count). The van der Waals surface area contributed by atoms with Gasteiger partial charge in [0.25, 0.3) is 15.9 Å². The molecule has 2 aromatic carbocycles. The number of benzene rings is 2. The second-order valence-electron chi connectivity index (χ2n) is 7.25. The van der Waals surface area contributed by atoms with Crippen molar-refractivity contribution < 1.29 is 17.9 Å². The molecule has 6 nitrogen and oxygen atoms in total. The van der Waals surface area contributed by atoms with Crippen molar-refractivity contribution in [3.05, 3.63) is 53.6 Å². The highest BCUT2D eigenvalue weighted by Gasteiger charge is 2.23. The van der Waals surface area contributed by atoms with Gasteiger partial charge in [0.2, 0.25) is 0 Å². The number of hydrogen-bond acceptors (Lipinski definition) is 4. The molecule has 0 radical (unpaired) electrons. The van der Waals surface area contributed by atoms with E-state index >= 15 is 0 Å². The summed E-state index contributed by atoms with van der Waals surface area (Å²) in [5.74, 6) is 0.203. The summed E-state index contributed by atoms with van der Waals surface area (Å²) >= 11 is 0. The van der Waals surface area contributed by atoms with E-state index < -0.39 is 10.0 Å². The normalized spacial score (nSPS) is 14.1. The molecule has 0 atom stereocenters. The maximum absolute atomic E-state index is 12.8. The lowest BCUT2D eigenvalue weighted by atomic mass is 10.0. The molecule has 0 saturated heterocycles. The van der Waals surface area contributed by atoms with Gasteiger partial charge in [-0.25, -0.2) is 8.42 Å². The van der Waals surface area contributed by atoms with Crippen molar-refractivity contribution in [3.8, 4) is 0 Å². The van der Waals surface area contributed by atoms with Crippen LogP contribution in [-0.4, -0.2) is 34.6 Å². The van der Waals surface area contributed by atoms with Gasteiger partial charge < -0.3 is 9.64 Å². The number of carbonyl (C=O) groups excluding carboxylic acids is 1. The zero-order chi connectivity index (χ0) is 20.3. The molecule has 0 bridgehead atoms. The summed E-state index contributed by atoms with van der Waals surface area (Å²) in [6, 6.07) is 12.2. The smallest absolute Gasteiger partial charge is 0.261 e. The fourth-order valence-electron chi connectivity index (χ4n) is 3.34. The van der Waals surface area contributed by atoms with Crippen molar-refractivity contribution in [1.29, 1.82) is 0 Å². The first kappa shape index (κ1) is 20.4. The standard InChI is InChI=1S/C21H26N2O4S/c1-15(2)16-7-10-19(11-8-16)28(25,26)22-18-9-6-17-5-4-12-23(20(17)13-18)21(24)14-27-3/h6-11,13,15,22H,4-5,12,14H2,1-3H3. The number of amides is 1. The Morgan fingerprint density at radius 2 is 1.89 bits per heavy atom. The third-order valence-electron chi connectivity index (χ3n) is 4.88. The van der Waals surface area contributed by atoms with Crippen molar-refractivity contribution in [2.45, 2.75) is 37.5 Å². The molecule has 0 unspecified atom stereocenters. The Morgan fingerprint density at radius 3 is 2.54 bits per heavy atom. The van der Waals surface area contributed by atoms with Crippen LogP contribution in [0.25, 0.3) is 0 Å². The molecule has 0 fully saturated rings. The highest BCUT2D eigenvalue weighted by Crippen LogP contribution is 2.31. The maximum Gasteiger partial charge on any atom is 0.261 e. The molecule has 28 heavy (non-hydrogen) atoms. The summed E-state index contributed by atoms with van der Waals surface area (Å²) in [6.07, 6.45) is 1.73. The first-order chi connectivity index (χ1) is 13.3. The predicted octanol–water partition coefficient (Wildman–Crippen LogP) is 3.54. The number of methoxy groups -OCH3 is 1. The first-order valence-corrected chi connectivity index (χ1v) is 10.8. The molecule has 2 aromatic rings. The molecule has 1 heterocycles. The zero-order valence-electron chi connectivity index (χ0n) is 16.4. The summed E-state index contributed by atoms with van der Waals surface area (Å²) in [6.45, 7) is 4.72. The lowest BCUT2D eigenvalue weighted by Gasteiger charge is -2.30. The summed E-state index contributed by atoms with van der Waals surface area (Å²) in [4.78, 5) is 14.2. The van der Waals surface area contributed by atoms with Crippen molar-refractivity contribution in [2.24, 2.45) is 0 Å². The number of anilines is 2. The number of nitrogens with one attached hydrogen (secondary N) is 1. The third-order valence-corrected chi connectivity index (χ3v) is 6.28. The van der Waals surface area contributed by atoms with Gasteiger partial charge in [-0.1, -0.05) is 32.0 Å². The molecular formula is C21H26N2O4S. The Labute approximate surface area is 166 Å². The quantitative estimate of drug-likeness (QED) is 0.802. The van der Waals surface area contributed by atoms with Gasteiger partial charge in [-0.05, 0) is 54.2 Å². The number of carbonyl (C=O) groups is 1. The minimum Gasteiger partial charge on any atom is -0.375 e. The molecule has 0 spiro atoms. The molecule has 150 valence electrons. The Bertz CT molecular complexity index is 953. The van der Waals surface area contributed by atoms with Crippen molar-refractivity contribution in [1.82, 2.24) is 0 Å². The van der Waals surface area contributed by atoms with Crippen LogP contribution in [-0.2, 0) is 26.0 Å². The van der Waals surface area contributed by atoms with E-state index in [0.29, 0.717) is 18.2 Å². The fraction of sp³-hybridized carbons (Fsp3) is 0.381. The first-order valence-electron chi connectivity index (χ1n) is 9.37. The van der Waals surface area contributed by atoms with Gasteiger partial charge in [0.05, 0.1) is 10.6 Å². The average Bonchev–Trinajstić information content (AvgIpc) is 2.67. The minimum absolute atomic E-state index is 0.00239. The van der Waals surface area contributed by atoms with Gasteiger partial charge in [0, 0.05) is 19.3 Å². The molecule has 1 N–H and O–H groups in total. The van der Waals surface area contributed by atoms with Crippen LogP contribution >= 0.6 is 0 Å². The number of ether oxygens (including phenoxy) is 1. The number of fused-ring (bicyclic) bond motifs is 1. The van der Waals surface area contributed by atoms with Crippen LogP contribution < -0.4 is 9.62 Å². The number of aryl methyl sites for hydroxylation is 1. The number of nitrogens with zero attached hydrogens (tertiary/aromatic N) is 1. The predicted molar refractivity (Wildman–Crippen MR) is 110 cm³/mol. The van der Waals surface area contributed by atoms with E-state index in [1.807, 2.05) is 18.2 Å². The van der Waals surface area contributed by atoms with Gasteiger partial charge in [0.1, 0.15) is 6.61 Å². The minimum atomic E-state index is -3.71. The molecule has 7 heteroatoms. The van der Waals surface area contributed by atoms with E-state index in [2.05, 4.69) is 18.6 Å². The van der Waals surface area contributed by atoms with Crippen LogP contribution in [0.4, 0.5) is 11.4 Å². The van der Waals surface area contributed by atoms with Crippen molar-refractivity contribution >= 4 is 27.3 Å². The van der Waals surface area contributed by atoms with Crippen LogP contribution in [0.1, 0.15) is 37.3 Å². The van der Waals surface area contributed by atoms with Gasteiger partial charge >= 0.3 is 0 Å². The number of hydrogen-bond donors (Lipinski definition) is 1. The summed E-state index contributed by atoms with van der Waals surface area (Å²) in [7, 11) is -2.22. The van der Waals surface area contributed by atoms with Crippen LogP contribution in [0.3, 0.4) is 0 Å². The molecule has 0 aliphatic carbocycles. The van der Waals surface area contributed by atoms with Gasteiger partial charge in [-0.15, -0.1) is 0 Å².